The van der Waals surface area contributed by atoms with E-state index >= 15 is 0 Å². The molecule has 1 amide bonds. The van der Waals surface area contributed by atoms with Crippen LogP contribution in [0.5, 0.6) is 5.75 Å². The number of carbonyl (C=O) groups excluding carboxylic acids is 1. The molecule has 1 aromatic rings. The number of aromatic hydroxyl groups is 1. The molecule has 1 aromatic carbocycles. The Balaban J connectivity index is 1.91. The van der Waals surface area contributed by atoms with Crippen molar-refractivity contribution in [2.24, 2.45) is 0 Å². The standard InChI is InChI=1S/C15H20F2N2O2/c1-10(15(21)19-5-3-2-4-6-19)18-9-11-7-12(16)14(20)13(17)8-11/h7-8,10,18,20H,2-6,9H2,1H3. The van der Waals surface area contributed by atoms with Crippen LogP contribution in [0.2, 0.25) is 0 Å². The third-order valence-electron chi connectivity index (χ3n) is 3.73. The molecular weight excluding hydrogens is 278 g/mol. The van der Waals surface area contributed by atoms with Gasteiger partial charge in [-0.2, -0.15) is 0 Å². The Bertz CT molecular complexity index is 493. The highest BCUT2D eigenvalue weighted by atomic mass is 19.1. The monoisotopic (exact) mass is 298 g/mol. The Morgan fingerprint density at radius 3 is 2.43 bits per heavy atom. The number of carbonyl (C=O) groups is 1. The second-order valence-corrected chi connectivity index (χ2v) is 5.40. The van der Waals surface area contributed by atoms with Gasteiger partial charge in [-0.3, -0.25) is 4.79 Å². The summed E-state index contributed by atoms with van der Waals surface area (Å²) in [5.41, 5.74) is 0.348. The summed E-state index contributed by atoms with van der Waals surface area (Å²) in [4.78, 5) is 14.0. The van der Waals surface area contributed by atoms with Gasteiger partial charge in [-0.1, -0.05) is 0 Å². The predicted molar refractivity (Wildman–Crippen MR) is 74.8 cm³/mol. The first kappa shape index (κ1) is 15.7. The Morgan fingerprint density at radius 2 is 1.86 bits per heavy atom. The molecular formula is C15H20F2N2O2. The highest BCUT2D eigenvalue weighted by Gasteiger charge is 2.21. The van der Waals surface area contributed by atoms with Gasteiger partial charge in [0.1, 0.15) is 0 Å². The van der Waals surface area contributed by atoms with Crippen molar-refractivity contribution in [2.75, 3.05) is 13.1 Å². The number of hydrogen-bond donors (Lipinski definition) is 2. The number of amides is 1. The predicted octanol–water partition coefficient (Wildman–Crippen LogP) is 2.16. The van der Waals surface area contributed by atoms with Crippen LogP contribution in [0.15, 0.2) is 12.1 Å². The number of phenols is 1. The van der Waals surface area contributed by atoms with Crippen LogP contribution in [0.3, 0.4) is 0 Å². The van der Waals surface area contributed by atoms with Gasteiger partial charge in [0, 0.05) is 19.6 Å². The van der Waals surface area contributed by atoms with Gasteiger partial charge in [0.05, 0.1) is 6.04 Å². The number of benzene rings is 1. The molecule has 1 heterocycles. The lowest BCUT2D eigenvalue weighted by atomic mass is 10.1. The molecule has 2 rings (SSSR count). The topological polar surface area (TPSA) is 52.6 Å². The molecule has 0 spiro atoms. The molecule has 0 radical (unpaired) electrons. The zero-order valence-corrected chi connectivity index (χ0v) is 12.0. The van der Waals surface area contributed by atoms with Crippen LogP contribution in [-0.4, -0.2) is 35.0 Å². The molecule has 4 nitrogen and oxygen atoms in total. The molecule has 1 aliphatic rings. The first-order chi connectivity index (χ1) is 9.99. The molecule has 1 atom stereocenters. The average Bonchev–Trinajstić information content (AvgIpc) is 2.50. The Morgan fingerprint density at radius 1 is 1.29 bits per heavy atom. The minimum absolute atomic E-state index is 0.00872. The number of nitrogens with one attached hydrogen (secondary N) is 1. The molecule has 21 heavy (non-hydrogen) atoms. The van der Waals surface area contributed by atoms with Gasteiger partial charge in [-0.25, -0.2) is 8.78 Å². The summed E-state index contributed by atoms with van der Waals surface area (Å²) in [5.74, 6) is -2.96. The molecule has 116 valence electrons. The van der Waals surface area contributed by atoms with E-state index in [4.69, 9.17) is 5.11 Å². The van der Waals surface area contributed by atoms with Crippen LogP contribution in [0.4, 0.5) is 8.78 Å². The number of rotatable bonds is 4. The van der Waals surface area contributed by atoms with Crippen molar-refractivity contribution in [2.45, 2.75) is 38.8 Å². The summed E-state index contributed by atoms with van der Waals surface area (Å²) in [6, 6.07) is 1.70. The number of likely N-dealkylation sites (tertiary alicyclic amines) is 1. The Hall–Kier alpha value is -1.69. The number of phenolic OH excluding ortho intramolecular Hbond substituents is 1. The molecule has 6 heteroatoms. The molecule has 1 unspecified atom stereocenters. The number of piperidine rings is 1. The Labute approximate surface area is 122 Å². The third kappa shape index (κ3) is 3.91. The lowest BCUT2D eigenvalue weighted by Crippen LogP contribution is -2.46. The summed E-state index contributed by atoms with van der Waals surface area (Å²) in [5, 5.41) is 12.0. The summed E-state index contributed by atoms with van der Waals surface area (Å²) in [6.07, 6.45) is 3.19. The van der Waals surface area contributed by atoms with E-state index in [1.54, 1.807) is 6.92 Å². The SMILES string of the molecule is CC(NCc1cc(F)c(O)c(F)c1)C(=O)N1CCCCC1. The van der Waals surface area contributed by atoms with Crippen LogP contribution < -0.4 is 5.32 Å². The first-order valence-electron chi connectivity index (χ1n) is 7.18. The first-order valence-corrected chi connectivity index (χ1v) is 7.18. The minimum atomic E-state index is -0.998. The fraction of sp³-hybridized carbons (Fsp3) is 0.533. The van der Waals surface area contributed by atoms with Crippen LogP contribution in [0, 0.1) is 11.6 Å². The zero-order valence-electron chi connectivity index (χ0n) is 12.0. The van der Waals surface area contributed by atoms with Crippen molar-refractivity contribution >= 4 is 5.91 Å². The second-order valence-electron chi connectivity index (χ2n) is 5.40. The van der Waals surface area contributed by atoms with Gasteiger partial charge in [-0.05, 0) is 43.9 Å². The van der Waals surface area contributed by atoms with Crippen molar-refractivity contribution in [3.63, 3.8) is 0 Å². The van der Waals surface area contributed by atoms with Crippen molar-refractivity contribution in [3.8, 4) is 5.75 Å². The van der Waals surface area contributed by atoms with E-state index in [1.165, 1.54) is 0 Å². The summed E-state index contributed by atoms with van der Waals surface area (Å²) < 4.78 is 26.4. The lowest BCUT2D eigenvalue weighted by molar-refractivity contribution is -0.133. The molecule has 0 aromatic heterocycles. The fourth-order valence-electron chi connectivity index (χ4n) is 2.47. The van der Waals surface area contributed by atoms with E-state index in [0.717, 1.165) is 44.5 Å². The van der Waals surface area contributed by atoms with Crippen LogP contribution in [-0.2, 0) is 11.3 Å². The van der Waals surface area contributed by atoms with Crippen LogP contribution in [0.1, 0.15) is 31.7 Å². The summed E-state index contributed by atoms with van der Waals surface area (Å²) in [6.45, 7) is 3.44. The molecule has 0 saturated carbocycles. The van der Waals surface area contributed by atoms with Gasteiger partial charge in [0.25, 0.3) is 0 Å². The normalized spacial score (nSPS) is 16.8. The molecule has 0 bridgehead atoms. The smallest absolute Gasteiger partial charge is 0.239 e. The van der Waals surface area contributed by atoms with E-state index in [-0.39, 0.29) is 12.5 Å². The van der Waals surface area contributed by atoms with E-state index < -0.39 is 23.4 Å². The highest BCUT2D eigenvalue weighted by molar-refractivity contribution is 5.81. The Kier molecular flexibility index (Phi) is 5.12. The minimum Gasteiger partial charge on any atom is -0.503 e. The maximum atomic E-state index is 13.2. The van der Waals surface area contributed by atoms with Crippen molar-refractivity contribution < 1.29 is 18.7 Å². The van der Waals surface area contributed by atoms with Crippen molar-refractivity contribution in [3.05, 3.63) is 29.3 Å². The number of halogens is 2. The zero-order chi connectivity index (χ0) is 15.4. The summed E-state index contributed by atoms with van der Waals surface area (Å²) in [7, 11) is 0. The van der Waals surface area contributed by atoms with Crippen molar-refractivity contribution in [1.29, 1.82) is 0 Å². The third-order valence-corrected chi connectivity index (χ3v) is 3.73. The highest BCUT2D eigenvalue weighted by Crippen LogP contribution is 2.21. The van der Waals surface area contributed by atoms with Crippen molar-refractivity contribution in [1.82, 2.24) is 10.2 Å². The molecule has 1 fully saturated rings. The van der Waals surface area contributed by atoms with Gasteiger partial charge >= 0.3 is 0 Å². The molecule has 1 aliphatic heterocycles. The van der Waals surface area contributed by atoms with Gasteiger partial charge in [0.15, 0.2) is 17.4 Å². The lowest BCUT2D eigenvalue weighted by Gasteiger charge is -2.29. The van der Waals surface area contributed by atoms with Crippen LogP contribution in [0.25, 0.3) is 0 Å². The fourth-order valence-corrected chi connectivity index (χ4v) is 2.47. The van der Waals surface area contributed by atoms with Crippen LogP contribution >= 0.6 is 0 Å². The average molecular weight is 298 g/mol. The van der Waals surface area contributed by atoms with E-state index in [2.05, 4.69) is 5.32 Å². The maximum Gasteiger partial charge on any atom is 0.239 e. The summed E-state index contributed by atoms with van der Waals surface area (Å²) >= 11 is 0. The largest absolute Gasteiger partial charge is 0.503 e. The van der Waals surface area contributed by atoms with Gasteiger partial charge in [0.2, 0.25) is 5.91 Å². The quantitative estimate of drug-likeness (QED) is 0.895. The number of nitrogens with zero attached hydrogens (tertiary/aromatic N) is 1. The van der Waals surface area contributed by atoms with E-state index in [9.17, 15) is 13.6 Å². The molecule has 1 saturated heterocycles. The number of hydrogen-bond acceptors (Lipinski definition) is 3. The van der Waals surface area contributed by atoms with Gasteiger partial charge < -0.3 is 15.3 Å². The maximum absolute atomic E-state index is 13.2. The van der Waals surface area contributed by atoms with E-state index in [1.807, 2.05) is 4.90 Å². The van der Waals surface area contributed by atoms with Gasteiger partial charge in [-0.15, -0.1) is 0 Å². The molecule has 2 N–H and O–H groups in total. The second kappa shape index (κ2) is 6.85. The molecule has 0 aliphatic carbocycles. The van der Waals surface area contributed by atoms with E-state index in [0.29, 0.717) is 5.56 Å².